The molecule has 8 nitrogen and oxygen atoms in total. The van der Waals surface area contributed by atoms with Crippen LogP contribution in [0.25, 0.3) is 11.3 Å². The lowest BCUT2D eigenvalue weighted by atomic mass is 10.0. The van der Waals surface area contributed by atoms with Crippen LogP contribution in [0.4, 0.5) is 5.69 Å². The number of carboxylic acids is 1. The lowest BCUT2D eigenvalue weighted by molar-refractivity contribution is 0.0697. The Labute approximate surface area is 241 Å². The summed E-state index contributed by atoms with van der Waals surface area (Å²) in [5, 5.41) is 13.6. The van der Waals surface area contributed by atoms with Crippen molar-refractivity contribution < 1.29 is 23.8 Å². The molecule has 0 radical (unpaired) electrons. The number of ether oxygens (including phenoxy) is 2. The summed E-state index contributed by atoms with van der Waals surface area (Å²) in [6.45, 7) is 0. The standard InChI is InChI=1S/C32H25N3O5S/c1-38-21-13-15-23(16-14-21)39-22-11-9-20(10-12-22)35-30(29(34-32(35)41)26-8-4-5-19-33-26)28-18-17-27(40-28)24-6-2-3-7-25(24)31(36)37/h2-19,29-30H,1H3,(H,34,41)(H,36,37). The summed E-state index contributed by atoms with van der Waals surface area (Å²) >= 11 is 5.82. The molecule has 5 aromatic rings. The third kappa shape index (κ3) is 5.22. The Bertz CT molecular complexity index is 1690. The van der Waals surface area contributed by atoms with E-state index in [1.165, 1.54) is 0 Å². The van der Waals surface area contributed by atoms with Gasteiger partial charge in [0, 0.05) is 17.4 Å². The molecule has 0 bridgehead atoms. The molecule has 41 heavy (non-hydrogen) atoms. The summed E-state index contributed by atoms with van der Waals surface area (Å²) in [4.78, 5) is 18.4. The lowest BCUT2D eigenvalue weighted by Crippen LogP contribution is -2.29. The average molecular weight is 564 g/mol. The second-order valence-electron chi connectivity index (χ2n) is 9.32. The molecule has 2 aromatic heterocycles. The quantitative estimate of drug-likeness (QED) is 0.193. The molecular weight excluding hydrogens is 538 g/mol. The summed E-state index contributed by atoms with van der Waals surface area (Å²) in [6, 6.07) is 30.4. The van der Waals surface area contributed by atoms with E-state index in [0.29, 0.717) is 33.7 Å². The van der Waals surface area contributed by atoms with Crippen LogP contribution < -0.4 is 19.7 Å². The van der Waals surface area contributed by atoms with Crippen molar-refractivity contribution in [2.24, 2.45) is 0 Å². The van der Waals surface area contributed by atoms with Gasteiger partial charge in [-0.1, -0.05) is 24.3 Å². The summed E-state index contributed by atoms with van der Waals surface area (Å²) in [5.74, 6) is 2.16. The number of aromatic carboxylic acids is 1. The van der Waals surface area contributed by atoms with Crippen LogP contribution in [0.2, 0.25) is 0 Å². The van der Waals surface area contributed by atoms with E-state index in [4.69, 9.17) is 26.1 Å². The molecule has 6 rings (SSSR count). The van der Waals surface area contributed by atoms with Crippen LogP contribution >= 0.6 is 12.2 Å². The zero-order chi connectivity index (χ0) is 28.3. The van der Waals surface area contributed by atoms with Crippen LogP contribution in [0.3, 0.4) is 0 Å². The molecule has 2 atom stereocenters. The Morgan fingerprint density at radius 1 is 0.902 bits per heavy atom. The second kappa shape index (κ2) is 11.1. The predicted octanol–water partition coefficient (Wildman–Crippen LogP) is 7.02. The number of thiocarbonyl (C=S) groups is 1. The zero-order valence-electron chi connectivity index (χ0n) is 21.9. The summed E-state index contributed by atoms with van der Waals surface area (Å²) in [5.41, 5.74) is 2.29. The predicted molar refractivity (Wildman–Crippen MR) is 159 cm³/mol. The highest BCUT2D eigenvalue weighted by Gasteiger charge is 2.42. The number of hydrogen-bond acceptors (Lipinski definition) is 6. The van der Waals surface area contributed by atoms with Gasteiger partial charge in [0.2, 0.25) is 0 Å². The van der Waals surface area contributed by atoms with Crippen molar-refractivity contribution in [1.29, 1.82) is 0 Å². The van der Waals surface area contributed by atoms with Crippen LogP contribution in [-0.4, -0.2) is 28.3 Å². The van der Waals surface area contributed by atoms with Crippen LogP contribution in [0.1, 0.15) is 33.9 Å². The van der Waals surface area contributed by atoms with Gasteiger partial charge in [-0.3, -0.25) is 4.98 Å². The highest BCUT2D eigenvalue weighted by molar-refractivity contribution is 7.80. The molecule has 3 aromatic carbocycles. The molecule has 0 saturated carbocycles. The van der Waals surface area contributed by atoms with Crippen LogP contribution in [0.5, 0.6) is 17.2 Å². The molecule has 3 heterocycles. The van der Waals surface area contributed by atoms with Crippen molar-refractivity contribution in [2.75, 3.05) is 12.0 Å². The summed E-state index contributed by atoms with van der Waals surface area (Å²) in [6.07, 6.45) is 1.74. The molecule has 2 N–H and O–H groups in total. The van der Waals surface area contributed by atoms with E-state index in [2.05, 4.69) is 10.3 Å². The van der Waals surface area contributed by atoms with Gasteiger partial charge >= 0.3 is 5.97 Å². The van der Waals surface area contributed by atoms with Gasteiger partial charge in [0.25, 0.3) is 0 Å². The molecule has 204 valence electrons. The monoisotopic (exact) mass is 563 g/mol. The highest BCUT2D eigenvalue weighted by Crippen LogP contribution is 2.43. The first-order valence-corrected chi connectivity index (χ1v) is 13.3. The van der Waals surface area contributed by atoms with Crippen LogP contribution in [-0.2, 0) is 0 Å². The number of furan rings is 1. The molecule has 1 saturated heterocycles. The maximum Gasteiger partial charge on any atom is 0.336 e. The molecular formula is C32H25N3O5S. The Morgan fingerprint density at radius 2 is 1.59 bits per heavy atom. The molecule has 1 aliphatic rings. The first-order chi connectivity index (χ1) is 20.0. The van der Waals surface area contributed by atoms with E-state index < -0.39 is 12.0 Å². The Balaban J connectivity index is 1.35. The fourth-order valence-electron chi connectivity index (χ4n) is 4.92. The summed E-state index contributed by atoms with van der Waals surface area (Å²) < 4.78 is 17.6. The molecule has 2 unspecified atom stereocenters. The minimum Gasteiger partial charge on any atom is -0.497 e. The number of carbonyl (C=O) groups is 1. The first-order valence-electron chi connectivity index (χ1n) is 12.9. The largest absolute Gasteiger partial charge is 0.497 e. The van der Waals surface area contributed by atoms with E-state index in [-0.39, 0.29) is 11.6 Å². The number of carboxylic acid groups (broad SMARTS) is 1. The van der Waals surface area contributed by atoms with Crippen molar-refractivity contribution in [1.82, 2.24) is 10.3 Å². The fourth-order valence-corrected chi connectivity index (χ4v) is 5.26. The number of rotatable bonds is 8. The van der Waals surface area contributed by atoms with Gasteiger partial charge < -0.3 is 29.2 Å². The number of methoxy groups -OCH3 is 1. The van der Waals surface area contributed by atoms with Crippen molar-refractivity contribution in [2.45, 2.75) is 12.1 Å². The van der Waals surface area contributed by atoms with Crippen molar-refractivity contribution in [3.05, 3.63) is 126 Å². The minimum absolute atomic E-state index is 0.166. The van der Waals surface area contributed by atoms with Crippen molar-refractivity contribution >= 4 is 29.0 Å². The van der Waals surface area contributed by atoms with E-state index in [9.17, 15) is 9.90 Å². The Morgan fingerprint density at radius 3 is 2.27 bits per heavy atom. The SMILES string of the molecule is COc1ccc(Oc2ccc(N3C(=S)NC(c4ccccn4)C3c3ccc(-c4ccccc4C(=O)O)o3)cc2)cc1. The van der Waals surface area contributed by atoms with Gasteiger partial charge in [-0.15, -0.1) is 0 Å². The van der Waals surface area contributed by atoms with Crippen LogP contribution in [0.15, 0.2) is 114 Å². The fraction of sp³-hybridized carbons (Fsp3) is 0.0938. The van der Waals surface area contributed by atoms with E-state index in [0.717, 1.165) is 17.1 Å². The molecule has 1 aliphatic heterocycles. The third-order valence-corrected chi connectivity index (χ3v) is 7.16. The maximum atomic E-state index is 11.8. The van der Waals surface area contributed by atoms with Gasteiger partial charge in [-0.25, -0.2) is 4.79 Å². The van der Waals surface area contributed by atoms with E-state index >= 15 is 0 Å². The topological polar surface area (TPSA) is 97.1 Å². The van der Waals surface area contributed by atoms with Gasteiger partial charge in [0.1, 0.15) is 34.8 Å². The first kappa shape index (κ1) is 26.1. The Kier molecular flexibility index (Phi) is 7.09. The van der Waals surface area contributed by atoms with Crippen molar-refractivity contribution in [3.63, 3.8) is 0 Å². The highest BCUT2D eigenvalue weighted by atomic mass is 32.1. The molecule has 0 spiro atoms. The number of aromatic nitrogens is 1. The number of pyridine rings is 1. The van der Waals surface area contributed by atoms with E-state index in [1.54, 1.807) is 43.6 Å². The normalized spacial score (nSPS) is 16.3. The number of nitrogens with zero attached hydrogens (tertiary/aromatic N) is 2. The smallest absolute Gasteiger partial charge is 0.336 e. The minimum atomic E-state index is -1.02. The zero-order valence-corrected chi connectivity index (χ0v) is 22.7. The summed E-state index contributed by atoms with van der Waals surface area (Å²) in [7, 11) is 1.62. The molecule has 0 amide bonds. The Hall–Kier alpha value is -5.15. The second-order valence-corrected chi connectivity index (χ2v) is 9.71. The van der Waals surface area contributed by atoms with Gasteiger partial charge in [-0.05, 0) is 91.1 Å². The molecule has 9 heteroatoms. The van der Waals surface area contributed by atoms with Gasteiger partial charge in [0.05, 0.1) is 24.4 Å². The van der Waals surface area contributed by atoms with Crippen LogP contribution in [0, 0.1) is 0 Å². The lowest BCUT2D eigenvalue weighted by Gasteiger charge is -2.26. The number of hydrogen-bond donors (Lipinski definition) is 2. The number of anilines is 1. The molecule has 1 fully saturated rings. The number of benzene rings is 3. The average Bonchev–Trinajstić information content (AvgIpc) is 3.63. The van der Waals surface area contributed by atoms with Gasteiger partial charge in [0.15, 0.2) is 5.11 Å². The maximum absolute atomic E-state index is 11.8. The third-order valence-electron chi connectivity index (χ3n) is 6.85. The van der Waals surface area contributed by atoms with Crippen molar-refractivity contribution in [3.8, 4) is 28.6 Å². The van der Waals surface area contributed by atoms with E-state index in [1.807, 2.05) is 77.7 Å². The molecule has 0 aliphatic carbocycles. The number of nitrogens with one attached hydrogen (secondary N) is 1. The van der Waals surface area contributed by atoms with Gasteiger partial charge in [-0.2, -0.15) is 0 Å².